The molecule has 0 amide bonds. The quantitative estimate of drug-likeness (QED) is 0.193. The van der Waals surface area contributed by atoms with E-state index < -0.39 is 0 Å². The molecule has 6 aromatic rings. The molecule has 0 radical (unpaired) electrons. The molecule has 5 aromatic carbocycles. The van der Waals surface area contributed by atoms with Gasteiger partial charge in [-0.2, -0.15) is 0 Å². The van der Waals surface area contributed by atoms with Crippen molar-refractivity contribution in [2.45, 2.75) is 39.0 Å². The van der Waals surface area contributed by atoms with Crippen molar-refractivity contribution in [1.82, 2.24) is 0 Å². The highest BCUT2D eigenvalue weighted by molar-refractivity contribution is 7.25. The Morgan fingerprint density at radius 2 is 1.19 bits per heavy atom. The second-order valence-electron chi connectivity index (χ2n) is 8.84. The van der Waals surface area contributed by atoms with Crippen molar-refractivity contribution in [3.63, 3.8) is 0 Å². The molecule has 0 spiro atoms. The molecule has 6 rings (SSSR count). The zero-order valence-corrected chi connectivity index (χ0v) is 18.8. The van der Waals surface area contributed by atoms with E-state index in [1.807, 2.05) is 11.3 Å². The smallest absolute Gasteiger partial charge is 0.0361 e. The Hall–Kier alpha value is -2.90. The number of fused-ring (bicyclic) bond motifs is 6. The number of aryl methyl sites for hydroxylation is 1. The van der Waals surface area contributed by atoms with Crippen molar-refractivity contribution in [3.8, 4) is 0 Å². The Morgan fingerprint density at radius 1 is 0.548 bits per heavy atom. The van der Waals surface area contributed by atoms with Crippen LogP contribution in [0.5, 0.6) is 0 Å². The molecule has 0 fully saturated rings. The predicted molar refractivity (Wildman–Crippen MR) is 140 cm³/mol. The van der Waals surface area contributed by atoms with Gasteiger partial charge >= 0.3 is 0 Å². The second kappa shape index (κ2) is 7.66. The van der Waals surface area contributed by atoms with Crippen LogP contribution in [0.15, 0.2) is 78.9 Å². The highest BCUT2D eigenvalue weighted by atomic mass is 32.1. The van der Waals surface area contributed by atoms with E-state index in [2.05, 4.69) is 85.8 Å². The Morgan fingerprint density at radius 3 is 1.94 bits per heavy atom. The molecular formula is C30H26S. The topological polar surface area (TPSA) is 0 Å². The van der Waals surface area contributed by atoms with Crippen LogP contribution in [-0.4, -0.2) is 0 Å². The minimum atomic E-state index is 1.19. The van der Waals surface area contributed by atoms with Gasteiger partial charge in [0.1, 0.15) is 0 Å². The highest BCUT2D eigenvalue weighted by Gasteiger charge is 2.09. The molecule has 0 nitrogen and oxygen atoms in total. The Balaban J connectivity index is 1.49. The fourth-order valence-electron chi connectivity index (χ4n) is 4.92. The van der Waals surface area contributed by atoms with Crippen LogP contribution in [0.2, 0.25) is 0 Å². The lowest BCUT2D eigenvalue weighted by atomic mass is 9.98. The van der Waals surface area contributed by atoms with Gasteiger partial charge in [-0.05, 0) is 99.3 Å². The summed E-state index contributed by atoms with van der Waals surface area (Å²) in [6.45, 7) is 2.28. The summed E-state index contributed by atoms with van der Waals surface area (Å²) < 4.78 is 2.80. The van der Waals surface area contributed by atoms with Crippen molar-refractivity contribution < 1.29 is 0 Å². The van der Waals surface area contributed by atoms with Gasteiger partial charge in [0, 0.05) is 20.2 Å². The first-order chi connectivity index (χ1) is 15.3. The lowest BCUT2D eigenvalue weighted by Gasteiger charge is -2.06. The first-order valence-electron chi connectivity index (χ1n) is 11.5. The zero-order valence-electron chi connectivity index (χ0n) is 17.9. The molecule has 31 heavy (non-hydrogen) atoms. The van der Waals surface area contributed by atoms with Crippen molar-refractivity contribution in [2.24, 2.45) is 0 Å². The largest absolute Gasteiger partial charge is 0.135 e. The van der Waals surface area contributed by atoms with Crippen molar-refractivity contribution in [1.29, 1.82) is 0 Å². The highest BCUT2D eigenvalue weighted by Crippen LogP contribution is 2.38. The summed E-state index contributed by atoms with van der Waals surface area (Å²) in [7, 11) is 0. The first kappa shape index (κ1) is 18.8. The summed E-state index contributed by atoms with van der Waals surface area (Å²) in [6, 6.07) is 30.0. The summed E-state index contributed by atoms with van der Waals surface area (Å²) in [5.41, 5.74) is 1.48. The summed E-state index contributed by atoms with van der Waals surface area (Å²) in [5, 5.41) is 10.8. The number of unbranched alkanes of at least 4 members (excludes halogenated alkanes) is 3. The molecule has 0 bridgehead atoms. The van der Waals surface area contributed by atoms with E-state index in [9.17, 15) is 0 Å². The van der Waals surface area contributed by atoms with E-state index in [0.717, 1.165) is 0 Å². The Kier molecular flexibility index (Phi) is 4.65. The van der Waals surface area contributed by atoms with E-state index in [1.165, 1.54) is 90.2 Å². The monoisotopic (exact) mass is 418 g/mol. The lowest BCUT2D eigenvalue weighted by Crippen LogP contribution is -1.85. The predicted octanol–water partition coefficient (Wildman–Crippen LogP) is 9.64. The Labute approximate surface area is 187 Å². The molecule has 1 aromatic heterocycles. The Bertz CT molecular complexity index is 1570. The average molecular weight is 419 g/mol. The van der Waals surface area contributed by atoms with Gasteiger partial charge in [-0.1, -0.05) is 56.5 Å². The van der Waals surface area contributed by atoms with Gasteiger partial charge in [-0.3, -0.25) is 0 Å². The lowest BCUT2D eigenvalue weighted by molar-refractivity contribution is 0.667. The van der Waals surface area contributed by atoms with Gasteiger partial charge in [-0.15, -0.1) is 11.3 Å². The third-order valence-electron chi connectivity index (χ3n) is 6.63. The molecule has 0 atom stereocenters. The molecule has 0 aliphatic rings. The fraction of sp³-hybridized carbons (Fsp3) is 0.200. The van der Waals surface area contributed by atoms with Crippen LogP contribution in [0.25, 0.3) is 52.5 Å². The number of hydrogen-bond donors (Lipinski definition) is 0. The maximum atomic E-state index is 2.44. The first-order valence-corrected chi connectivity index (χ1v) is 12.3. The van der Waals surface area contributed by atoms with Crippen molar-refractivity contribution in [2.75, 3.05) is 0 Å². The number of thiophene rings is 1. The van der Waals surface area contributed by atoms with Gasteiger partial charge in [0.25, 0.3) is 0 Å². The molecule has 152 valence electrons. The van der Waals surface area contributed by atoms with Gasteiger partial charge in [0.15, 0.2) is 0 Å². The SMILES string of the molecule is CCCCCCc1ccc2sc3cc4cc5cc6ccccc6cc5cc4cc3c2c1. The summed E-state index contributed by atoms with van der Waals surface area (Å²) >= 11 is 1.93. The van der Waals surface area contributed by atoms with Gasteiger partial charge in [0.2, 0.25) is 0 Å². The van der Waals surface area contributed by atoms with Gasteiger partial charge < -0.3 is 0 Å². The third kappa shape index (κ3) is 3.38. The molecule has 0 aliphatic heterocycles. The minimum Gasteiger partial charge on any atom is -0.135 e. The zero-order chi connectivity index (χ0) is 20.8. The third-order valence-corrected chi connectivity index (χ3v) is 7.77. The number of rotatable bonds is 5. The molecule has 0 N–H and O–H groups in total. The van der Waals surface area contributed by atoms with Crippen LogP contribution in [0.3, 0.4) is 0 Å². The summed E-state index contributed by atoms with van der Waals surface area (Å²) in [6.07, 6.45) is 6.47. The van der Waals surface area contributed by atoms with Crippen LogP contribution >= 0.6 is 11.3 Å². The van der Waals surface area contributed by atoms with E-state index in [1.54, 1.807) is 0 Å². The number of benzene rings is 5. The standard InChI is InChI=1S/C30H26S/c1-2-3-4-5-8-20-11-12-29-27(13-20)28-18-25-16-23-14-21-9-6-7-10-22(21)15-24(23)17-26(25)19-30(28)31-29/h6-7,9-19H,2-5,8H2,1H3. The summed E-state index contributed by atoms with van der Waals surface area (Å²) in [5.74, 6) is 0. The van der Waals surface area contributed by atoms with E-state index in [0.29, 0.717) is 0 Å². The maximum Gasteiger partial charge on any atom is 0.0361 e. The van der Waals surface area contributed by atoms with E-state index >= 15 is 0 Å². The fourth-order valence-corrected chi connectivity index (χ4v) is 6.04. The normalized spacial score (nSPS) is 12.0. The van der Waals surface area contributed by atoms with Crippen LogP contribution < -0.4 is 0 Å². The van der Waals surface area contributed by atoms with Crippen LogP contribution in [0.4, 0.5) is 0 Å². The minimum absolute atomic E-state index is 1.19. The summed E-state index contributed by atoms with van der Waals surface area (Å²) in [4.78, 5) is 0. The van der Waals surface area contributed by atoms with Crippen LogP contribution in [-0.2, 0) is 6.42 Å². The van der Waals surface area contributed by atoms with Gasteiger partial charge in [0.05, 0.1) is 0 Å². The maximum absolute atomic E-state index is 2.44. The van der Waals surface area contributed by atoms with E-state index in [-0.39, 0.29) is 0 Å². The molecule has 1 heteroatoms. The second-order valence-corrected chi connectivity index (χ2v) is 9.92. The molecule has 1 heterocycles. The molecule has 0 saturated heterocycles. The van der Waals surface area contributed by atoms with E-state index in [4.69, 9.17) is 0 Å². The molecular weight excluding hydrogens is 392 g/mol. The van der Waals surface area contributed by atoms with Gasteiger partial charge in [-0.25, -0.2) is 0 Å². The number of hydrogen-bond acceptors (Lipinski definition) is 1. The molecule has 0 aliphatic carbocycles. The van der Waals surface area contributed by atoms with Crippen molar-refractivity contribution >= 4 is 63.8 Å². The van der Waals surface area contributed by atoms with Crippen molar-refractivity contribution in [3.05, 3.63) is 84.4 Å². The van der Waals surface area contributed by atoms with Crippen LogP contribution in [0, 0.1) is 0 Å². The van der Waals surface area contributed by atoms with Crippen LogP contribution in [0.1, 0.15) is 38.2 Å². The average Bonchev–Trinajstić information content (AvgIpc) is 3.14. The molecule has 0 saturated carbocycles. The molecule has 0 unspecified atom stereocenters.